The van der Waals surface area contributed by atoms with Gasteiger partial charge in [-0.15, -0.1) is 0 Å². The van der Waals surface area contributed by atoms with Gasteiger partial charge in [0, 0.05) is 18.7 Å². The van der Waals surface area contributed by atoms with E-state index >= 15 is 0 Å². The number of amides is 1. The third kappa shape index (κ3) is 6.72. The van der Waals surface area contributed by atoms with Gasteiger partial charge in [-0.1, -0.05) is 18.2 Å². The number of nitriles is 1. The summed E-state index contributed by atoms with van der Waals surface area (Å²) in [6.45, 7) is 1.13. The number of benzene rings is 2. The molecule has 0 aliphatic heterocycles. The predicted octanol–water partition coefficient (Wildman–Crippen LogP) is 5.05. The first kappa shape index (κ1) is 20.0. The van der Waals surface area contributed by atoms with Crippen LogP contribution in [0, 0.1) is 11.3 Å². The topological polar surface area (TPSA) is 94.0 Å². The smallest absolute Gasteiger partial charge is 0.238 e. The summed E-state index contributed by atoms with van der Waals surface area (Å²) in [6.07, 6.45) is 1.93. The first-order valence-electron chi connectivity index (χ1n) is 9.21. The van der Waals surface area contributed by atoms with E-state index in [0.717, 1.165) is 11.4 Å². The van der Waals surface area contributed by atoms with Gasteiger partial charge in [0.15, 0.2) is 0 Å². The quantitative estimate of drug-likeness (QED) is 0.520. The Morgan fingerprint density at radius 1 is 1.00 bits per heavy atom. The Balaban J connectivity index is 1.54. The highest BCUT2D eigenvalue weighted by atomic mass is 16.3. The third-order valence-electron chi connectivity index (χ3n) is 4.05. The van der Waals surface area contributed by atoms with Crippen LogP contribution in [0.25, 0.3) is 0 Å². The highest BCUT2D eigenvalue weighted by Crippen LogP contribution is 2.20. The molecule has 7 heteroatoms. The van der Waals surface area contributed by atoms with Gasteiger partial charge in [0.05, 0.1) is 36.8 Å². The number of furan rings is 1. The first-order valence-corrected chi connectivity index (χ1v) is 9.21. The zero-order valence-electron chi connectivity index (χ0n) is 15.9. The molecule has 146 valence electrons. The molecule has 3 aromatic rings. The van der Waals surface area contributed by atoms with Crippen molar-refractivity contribution in [2.45, 2.75) is 13.0 Å². The fourth-order valence-corrected chi connectivity index (χ4v) is 2.67. The number of anilines is 1. The average molecular weight is 387 g/mol. The van der Waals surface area contributed by atoms with Crippen molar-refractivity contribution in [3.63, 3.8) is 0 Å². The zero-order valence-corrected chi connectivity index (χ0v) is 15.9. The van der Waals surface area contributed by atoms with Crippen LogP contribution in [0.4, 0.5) is 17.1 Å². The maximum Gasteiger partial charge on any atom is 0.238 e. The van der Waals surface area contributed by atoms with Crippen molar-refractivity contribution in [2.75, 3.05) is 18.4 Å². The summed E-state index contributed by atoms with van der Waals surface area (Å²) in [5.74, 6) is 0.594. The largest absolute Gasteiger partial charge is 0.468 e. The van der Waals surface area contributed by atoms with Gasteiger partial charge in [-0.25, -0.2) is 0 Å². The van der Waals surface area contributed by atoms with Crippen LogP contribution in [0.2, 0.25) is 0 Å². The van der Waals surface area contributed by atoms with Gasteiger partial charge >= 0.3 is 0 Å². The molecule has 7 nitrogen and oxygen atoms in total. The van der Waals surface area contributed by atoms with Gasteiger partial charge in [0.1, 0.15) is 5.76 Å². The van der Waals surface area contributed by atoms with E-state index in [0.29, 0.717) is 30.9 Å². The number of nitrogens with one attached hydrogen (secondary N) is 1. The van der Waals surface area contributed by atoms with Gasteiger partial charge in [-0.05, 0) is 48.5 Å². The highest BCUT2D eigenvalue weighted by Gasteiger charge is 2.13. The van der Waals surface area contributed by atoms with E-state index in [1.165, 1.54) is 0 Å². The number of azo groups is 1. The monoisotopic (exact) mass is 387 g/mol. The van der Waals surface area contributed by atoms with Crippen LogP contribution < -0.4 is 5.32 Å². The second-order valence-corrected chi connectivity index (χ2v) is 6.33. The number of rotatable bonds is 9. The molecule has 1 heterocycles. The predicted molar refractivity (Wildman–Crippen MR) is 110 cm³/mol. The van der Waals surface area contributed by atoms with Gasteiger partial charge in [0.2, 0.25) is 5.91 Å². The molecule has 1 N–H and O–H groups in total. The lowest BCUT2D eigenvalue weighted by Gasteiger charge is -2.19. The van der Waals surface area contributed by atoms with Crippen molar-refractivity contribution in [1.82, 2.24) is 4.90 Å². The molecule has 0 saturated carbocycles. The van der Waals surface area contributed by atoms with E-state index in [2.05, 4.69) is 21.6 Å². The molecule has 1 aromatic heterocycles. The summed E-state index contributed by atoms with van der Waals surface area (Å²) in [5.41, 5.74) is 2.14. The molecular weight excluding hydrogens is 366 g/mol. The molecule has 3 rings (SSSR count). The van der Waals surface area contributed by atoms with Crippen molar-refractivity contribution in [3.8, 4) is 6.07 Å². The Bertz CT molecular complexity index is 961. The summed E-state index contributed by atoms with van der Waals surface area (Å²) >= 11 is 0. The van der Waals surface area contributed by atoms with E-state index in [-0.39, 0.29) is 12.5 Å². The van der Waals surface area contributed by atoms with Gasteiger partial charge < -0.3 is 9.73 Å². The number of nitrogens with zero attached hydrogens (tertiary/aromatic N) is 4. The Morgan fingerprint density at radius 3 is 2.38 bits per heavy atom. The highest BCUT2D eigenvalue weighted by molar-refractivity contribution is 5.92. The lowest BCUT2D eigenvalue weighted by molar-refractivity contribution is -0.117. The van der Waals surface area contributed by atoms with Gasteiger partial charge in [-0.2, -0.15) is 15.5 Å². The summed E-state index contributed by atoms with van der Waals surface area (Å²) in [7, 11) is 0. The second kappa shape index (κ2) is 10.5. The molecule has 2 aromatic carbocycles. The van der Waals surface area contributed by atoms with Crippen molar-refractivity contribution in [3.05, 3.63) is 78.8 Å². The Morgan fingerprint density at radius 2 is 1.72 bits per heavy atom. The standard InChI is InChI=1S/C22H21N5O2/c23-13-5-14-27(16-21-8-4-15-29-21)17-22(28)24-18-9-11-20(12-10-18)26-25-19-6-2-1-3-7-19/h1-4,6-12,15H,5,14,16-17H2,(H,24,28). The minimum atomic E-state index is -0.159. The minimum absolute atomic E-state index is 0.159. The van der Waals surface area contributed by atoms with Crippen LogP contribution in [-0.2, 0) is 11.3 Å². The van der Waals surface area contributed by atoms with E-state index in [1.54, 1.807) is 36.6 Å². The van der Waals surface area contributed by atoms with E-state index in [9.17, 15) is 4.79 Å². The molecular formula is C22H21N5O2. The zero-order chi connectivity index (χ0) is 20.3. The average Bonchev–Trinajstić information content (AvgIpc) is 3.25. The van der Waals surface area contributed by atoms with E-state index in [4.69, 9.17) is 9.68 Å². The van der Waals surface area contributed by atoms with Crippen LogP contribution in [0.1, 0.15) is 12.2 Å². The molecule has 29 heavy (non-hydrogen) atoms. The van der Waals surface area contributed by atoms with Crippen molar-refractivity contribution < 1.29 is 9.21 Å². The van der Waals surface area contributed by atoms with E-state index in [1.807, 2.05) is 41.3 Å². The maximum absolute atomic E-state index is 12.4. The SMILES string of the molecule is N#CCCN(CC(=O)Nc1ccc(N=Nc2ccccc2)cc1)Cc1ccco1. The molecule has 0 saturated heterocycles. The van der Waals surface area contributed by atoms with Crippen LogP contribution >= 0.6 is 0 Å². The lowest BCUT2D eigenvalue weighted by Crippen LogP contribution is -2.33. The van der Waals surface area contributed by atoms with Crippen LogP contribution in [0.5, 0.6) is 0 Å². The molecule has 0 spiro atoms. The van der Waals surface area contributed by atoms with Crippen molar-refractivity contribution >= 4 is 23.0 Å². The third-order valence-corrected chi connectivity index (χ3v) is 4.05. The fraction of sp³-hybridized carbons (Fsp3) is 0.182. The molecule has 0 aliphatic rings. The van der Waals surface area contributed by atoms with Gasteiger partial charge in [-0.3, -0.25) is 9.69 Å². The summed E-state index contributed by atoms with van der Waals surface area (Å²) in [4.78, 5) is 14.3. The molecule has 0 atom stereocenters. The Hall–Kier alpha value is -3.76. The van der Waals surface area contributed by atoms with Crippen LogP contribution in [0.3, 0.4) is 0 Å². The molecule has 0 bridgehead atoms. The number of carbonyl (C=O) groups is 1. The normalized spacial score (nSPS) is 10.9. The molecule has 0 aliphatic carbocycles. The summed E-state index contributed by atoms with van der Waals surface area (Å²) in [5, 5.41) is 20.0. The van der Waals surface area contributed by atoms with Crippen LogP contribution in [-0.4, -0.2) is 23.9 Å². The molecule has 0 radical (unpaired) electrons. The molecule has 0 unspecified atom stereocenters. The minimum Gasteiger partial charge on any atom is -0.468 e. The number of hydrogen-bond acceptors (Lipinski definition) is 6. The van der Waals surface area contributed by atoms with Crippen molar-refractivity contribution in [2.24, 2.45) is 10.2 Å². The Kier molecular flexibility index (Phi) is 7.27. The van der Waals surface area contributed by atoms with Gasteiger partial charge in [0.25, 0.3) is 0 Å². The number of carbonyl (C=O) groups excluding carboxylic acids is 1. The lowest BCUT2D eigenvalue weighted by atomic mass is 10.3. The molecule has 1 amide bonds. The van der Waals surface area contributed by atoms with E-state index < -0.39 is 0 Å². The summed E-state index contributed by atoms with van der Waals surface area (Å²) in [6, 6.07) is 22.4. The number of hydrogen-bond donors (Lipinski definition) is 1. The second-order valence-electron chi connectivity index (χ2n) is 6.33. The van der Waals surface area contributed by atoms with Crippen molar-refractivity contribution in [1.29, 1.82) is 5.26 Å². The fourth-order valence-electron chi connectivity index (χ4n) is 2.67. The van der Waals surface area contributed by atoms with Crippen LogP contribution in [0.15, 0.2) is 87.6 Å². The molecule has 0 fully saturated rings. The Labute approximate surface area is 169 Å². The summed E-state index contributed by atoms with van der Waals surface area (Å²) < 4.78 is 5.34. The first-order chi connectivity index (χ1) is 14.2. The maximum atomic E-state index is 12.4.